The number of nitrogens with two attached hydrogens (primary N) is 1. The number of likely N-dealkylation sites (N-methyl/N-ethyl adjacent to an activating group) is 1. The van der Waals surface area contributed by atoms with Crippen molar-refractivity contribution in [2.24, 2.45) is 5.73 Å². The van der Waals surface area contributed by atoms with Crippen molar-refractivity contribution in [1.29, 1.82) is 0 Å². The van der Waals surface area contributed by atoms with Gasteiger partial charge in [-0.15, -0.1) is 0 Å². The summed E-state index contributed by atoms with van der Waals surface area (Å²) in [5.41, 5.74) is 9.95. The summed E-state index contributed by atoms with van der Waals surface area (Å²) in [6.45, 7) is 10.3. The quantitative estimate of drug-likeness (QED) is 0.844. The predicted octanol–water partition coefficient (Wildman–Crippen LogP) is 2.47. The molecule has 2 nitrogen and oxygen atoms in total. The SMILES string of the molecule is Cc1ccc(C)c(CN(C)CC(C)(C)N)c1. The molecule has 0 aliphatic heterocycles. The van der Waals surface area contributed by atoms with Gasteiger partial charge >= 0.3 is 0 Å². The molecule has 2 heteroatoms. The maximum atomic E-state index is 6.02. The molecule has 2 N–H and O–H groups in total. The molecule has 0 saturated carbocycles. The third kappa shape index (κ3) is 4.33. The molecule has 0 heterocycles. The van der Waals surface area contributed by atoms with E-state index in [1.165, 1.54) is 16.7 Å². The molecule has 0 bridgehead atoms. The zero-order valence-electron chi connectivity index (χ0n) is 11.2. The Hall–Kier alpha value is -0.860. The normalized spacial score (nSPS) is 12.2. The van der Waals surface area contributed by atoms with Crippen molar-refractivity contribution in [3.05, 3.63) is 34.9 Å². The third-order valence-corrected chi connectivity index (χ3v) is 2.62. The van der Waals surface area contributed by atoms with Crippen molar-refractivity contribution in [3.8, 4) is 0 Å². The van der Waals surface area contributed by atoms with Crippen molar-refractivity contribution >= 4 is 0 Å². The Morgan fingerprint density at radius 3 is 2.44 bits per heavy atom. The lowest BCUT2D eigenvalue weighted by Crippen LogP contribution is -2.43. The summed E-state index contributed by atoms with van der Waals surface area (Å²) in [6, 6.07) is 6.60. The fraction of sp³-hybridized carbons (Fsp3) is 0.571. The zero-order valence-corrected chi connectivity index (χ0v) is 11.2. The van der Waals surface area contributed by atoms with Gasteiger partial charge in [0, 0.05) is 18.6 Å². The van der Waals surface area contributed by atoms with Crippen LogP contribution in [-0.2, 0) is 6.54 Å². The highest BCUT2D eigenvalue weighted by Crippen LogP contribution is 2.13. The Labute approximate surface area is 99.5 Å². The molecular formula is C14H24N2. The van der Waals surface area contributed by atoms with Gasteiger partial charge in [0.1, 0.15) is 0 Å². The molecule has 0 aliphatic rings. The van der Waals surface area contributed by atoms with Crippen molar-refractivity contribution in [1.82, 2.24) is 4.90 Å². The first kappa shape index (κ1) is 13.2. The molecular weight excluding hydrogens is 196 g/mol. The van der Waals surface area contributed by atoms with Crippen LogP contribution in [0.15, 0.2) is 18.2 Å². The van der Waals surface area contributed by atoms with Gasteiger partial charge in [-0.1, -0.05) is 23.8 Å². The molecule has 0 amide bonds. The van der Waals surface area contributed by atoms with Crippen LogP contribution in [0.5, 0.6) is 0 Å². The average Bonchev–Trinajstić information content (AvgIpc) is 2.08. The van der Waals surface area contributed by atoms with Crippen LogP contribution in [0.1, 0.15) is 30.5 Å². The summed E-state index contributed by atoms with van der Waals surface area (Å²) < 4.78 is 0. The van der Waals surface area contributed by atoms with E-state index in [4.69, 9.17) is 5.73 Å². The number of benzene rings is 1. The van der Waals surface area contributed by atoms with E-state index in [1.807, 2.05) is 0 Å². The number of rotatable bonds is 4. The molecule has 0 aliphatic carbocycles. The van der Waals surface area contributed by atoms with Crippen LogP contribution in [0, 0.1) is 13.8 Å². The van der Waals surface area contributed by atoms with E-state index in [2.05, 4.69) is 57.8 Å². The lowest BCUT2D eigenvalue weighted by atomic mass is 10.0. The summed E-state index contributed by atoms with van der Waals surface area (Å²) in [6.07, 6.45) is 0. The molecule has 0 spiro atoms. The van der Waals surface area contributed by atoms with E-state index in [0.717, 1.165) is 13.1 Å². The zero-order chi connectivity index (χ0) is 12.3. The second-order valence-corrected chi connectivity index (χ2v) is 5.59. The molecule has 0 fully saturated rings. The molecule has 0 unspecified atom stereocenters. The van der Waals surface area contributed by atoms with Crippen molar-refractivity contribution in [2.75, 3.05) is 13.6 Å². The van der Waals surface area contributed by atoms with E-state index in [9.17, 15) is 0 Å². The van der Waals surface area contributed by atoms with Gasteiger partial charge in [0.25, 0.3) is 0 Å². The number of hydrogen-bond acceptors (Lipinski definition) is 2. The summed E-state index contributed by atoms with van der Waals surface area (Å²) in [5, 5.41) is 0. The molecule has 1 aromatic carbocycles. The first-order valence-corrected chi connectivity index (χ1v) is 5.81. The van der Waals surface area contributed by atoms with E-state index >= 15 is 0 Å². The smallest absolute Gasteiger partial charge is 0.0234 e. The number of aryl methyl sites for hydroxylation is 2. The Balaban J connectivity index is 2.69. The Morgan fingerprint density at radius 1 is 1.25 bits per heavy atom. The van der Waals surface area contributed by atoms with Crippen LogP contribution in [0.25, 0.3) is 0 Å². The molecule has 0 aromatic heterocycles. The second kappa shape index (κ2) is 4.98. The van der Waals surface area contributed by atoms with Gasteiger partial charge in [0.15, 0.2) is 0 Å². The maximum absolute atomic E-state index is 6.02. The Bertz CT molecular complexity index is 350. The van der Waals surface area contributed by atoms with Gasteiger partial charge in [-0.2, -0.15) is 0 Å². The van der Waals surface area contributed by atoms with E-state index in [-0.39, 0.29) is 5.54 Å². The molecule has 1 aromatic rings. The first-order valence-electron chi connectivity index (χ1n) is 5.81. The summed E-state index contributed by atoms with van der Waals surface area (Å²) in [5.74, 6) is 0. The minimum absolute atomic E-state index is 0.132. The van der Waals surface area contributed by atoms with Crippen LogP contribution in [0.2, 0.25) is 0 Å². The molecule has 90 valence electrons. The molecule has 0 radical (unpaired) electrons. The topological polar surface area (TPSA) is 29.3 Å². The molecule has 1 rings (SSSR count). The fourth-order valence-electron chi connectivity index (χ4n) is 2.01. The number of hydrogen-bond donors (Lipinski definition) is 1. The minimum Gasteiger partial charge on any atom is -0.324 e. The first-order chi connectivity index (χ1) is 7.28. The highest BCUT2D eigenvalue weighted by molar-refractivity contribution is 5.30. The third-order valence-electron chi connectivity index (χ3n) is 2.62. The van der Waals surface area contributed by atoms with Gasteiger partial charge in [-0.3, -0.25) is 0 Å². The standard InChI is InChI=1S/C14H24N2/c1-11-6-7-12(2)13(8-11)9-16(5)10-14(3,4)15/h6-8H,9-10,15H2,1-5H3. The van der Waals surface area contributed by atoms with Crippen LogP contribution in [0.3, 0.4) is 0 Å². The molecule has 0 saturated heterocycles. The fourth-order valence-corrected chi connectivity index (χ4v) is 2.01. The van der Waals surface area contributed by atoms with Crippen molar-refractivity contribution < 1.29 is 0 Å². The lowest BCUT2D eigenvalue weighted by Gasteiger charge is -2.27. The summed E-state index contributed by atoms with van der Waals surface area (Å²) in [4.78, 5) is 2.28. The van der Waals surface area contributed by atoms with Crippen molar-refractivity contribution in [2.45, 2.75) is 39.8 Å². The van der Waals surface area contributed by atoms with Gasteiger partial charge in [-0.25, -0.2) is 0 Å². The monoisotopic (exact) mass is 220 g/mol. The maximum Gasteiger partial charge on any atom is 0.0234 e. The summed E-state index contributed by atoms with van der Waals surface area (Å²) >= 11 is 0. The van der Waals surface area contributed by atoms with Crippen LogP contribution in [0.4, 0.5) is 0 Å². The highest BCUT2D eigenvalue weighted by Gasteiger charge is 2.14. The average molecular weight is 220 g/mol. The van der Waals surface area contributed by atoms with E-state index < -0.39 is 0 Å². The van der Waals surface area contributed by atoms with Crippen molar-refractivity contribution in [3.63, 3.8) is 0 Å². The predicted molar refractivity (Wildman–Crippen MR) is 70.5 cm³/mol. The lowest BCUT2D eigenvalue weighted by molar-refractivity contribution is 0.263. The van der Waals surface area contributed by atoms with Gasteiger partial charge < -0.3 is 10.6 Å². The van der Waals surface area contributed by atoms with E-state index in [0.29, 0.717) is 0 Å². The molecule has 16 heavy (non-hydrogen) atoms. The number of nitrogens with zero attached hydrogens (tertiary/aromatic N) is 1. The highest BCUT2D eigenvalue weighted by atomic mass is 15.1. The Morgan fingerprint density at radius 2 is 1.88 bits per heavy atom. The van der Waals surface area contributed by atoms with Crippen LogP contribution >= 0.6 is 0 Å². The van der Waals surface area contributed by atoms with Gasteiger partial charge in [0.2, 0.25) is 0 Å². The van der Waals surface area contributed by atoms with E-state index in [1.54, 1.807) is 0 Å². The van der Waals surface area contributed by atoms with Crippen LogP contribution in [-0.4, -0.2) is 24.0 Å². The van der Waals surface area contributed by atoms with Gasteiger partial charge in [-0.05, 0) is 45.9 Å². The largest absolute Gasteiger partial charge is 0.324 e. The second-order valence-electron chi connectivity index (χ2n) is 5.59. The summed E-state index contributed by atoms with van der Waals surface area (Å²) in [7, 11) is 2.12. The van der Waals surface area contributed by atoms with Crippen LogP contribution < -0.4 is 5.73 Å². The minimum atomic E-state index is -0.132. The van der Waals surface area contributed by atoms with Gasteiger partial charge in [0.05, 0.1) is 0 Å². The molecule has 0 atom stereocenters. The Kier molecular flexibility index (Phi) is 4.11.